The molecule has 116 valence electrons. The summed E-state index contributed by atoms with van der Waals surface area (Å²) in [6, 6.07) is 7.00. The lowest BCUT2D eigenvalue weighted by molar-refractivity contribution is -0.139. The summed E-state index contributed by atoms with van der Waals surface area (Å²) < 4.78 is 10.5. The number of ether oxygens (including phenoxy) is 1. The van der Waals surface area contributed by atoms with Crippen molar-refractivity contribution in [3.05, 3.63) is 46.6 Å². The molecular formula is C15H16ClN3O3. The van der Waals surface area contributed by atoms with Crippen LogP contribution in [0.15, 0.2) is 28.8 Å². The van der Waals surface area contributed by atoms with Crippen molar-refractivity contribution in [3.63, 3.8) is 0 Å². The number of halogens is 1. The van der Waals surface area contributed by atoms with E-state index >= 15 is 0 Å². The second-order valence-electron chi connectivity index (χ2n) is 5.16. The number of carbonyl (C=O) groups is 1. The lowest BCUT2D eigenvalue weighted by atomic mass is 10.1. The maximum Gasteiger partial charge on any atom is 0.227 e. The lowest BCUT2D eigenvalue weighted by Gasteiger charge is -2.33. The number of hydrogen-bond acceptors (Lipinski definition) is 5. The molecule has 0 radical (unpaired) electrons. The summed E-state index contributed by atoms with van der Waals surface area (Å²) in [6.07, 6.45) is 0.286. The minimum atomic E-state index is -0.308. The van der Waals surface area contributed by atoms with Gasteiger partial charge in [-0.25, -0.2) is 0 Å². The zero-order valence-corrected chi connectivity index (χ0v) is 12.9. The summed E-state index contributed by atoms with van der Waals surface area (Å²) >= 11 is 5.96. The number of aromatic nitrogens is 2. The van der Waals surface area contributed by atoms with Crippen LogP contribution in [0, 0.1) is 6.92 Å². The predicted molar refractivity (Wildman–Crippen MR) is 79.5 cm³/mol. The second kappa shape index (κ2) is 6.46. The number of carbonyl (C=O) groups excluding carboxylic acids is 1. The van der Waals surface area contributed by atoms with E-state index in [0.717, 1.165) is 5.56 Å². The average Bonchev–Trinajstić information content (AvgIpc) is 2.94. The van der Waals surface area contributed by atoms with Gasteiger partial charge >= 0.3 is 0 Å². The van der Waals surface area contributed by atoms with Crippen molar-refractivity contribution < 1.29 is 14.1 Å². The fourth-order valence-electron chi connectivity index (χ4n) is 2.49. The van der Waals surface area contributed by atoms with Crippen LogP contribution in [0.3, 0.4) is 0 Å². The standard InChI is InChI=1S/C15H16ClN3O3/c1-10-17-15(18-22-10)13-9-21-6-5-19(13)14(20)8-11-3-2-4-12(16)7-11/h2-4,7,13H,5-6,8-9H2,1H3/t13-/m0/s1. The van der Waals surface area contributed by atoms with Gasteiger partial charge in [-0.3, -0.25) is 4.79 Å². The molecule has 0 N–H and O–H groups in total. The Hall–Kier alpha value is -1.92. The first-order valence-electron chi connectivity index (χ1n) is 7.05. The van der Waals surface area contributed by atoms with Crippen LogP contribution in [-0.4, -0.2) is 40.7 Å². The van der Waals surface area contributed by atoms with Crippen LogP contribution in [0.4, 0.5) is 0 Å². The molecule has 1 atom stereocenters. The molecule has 7 heteroatoms. The van der Waals surface area contributed by atoms with Gasteiger partial charge in [0, 0.05) is 18.5 Å². The molecule has 1 aliphatic rings. The van der Waals surface area contributed by atoms with Crippen LogP contribution in [0.25, 0.3) is 0 Å². The summed E-state index contributed by atoms with van der Waals surface area (Å²) in [5, 5.41) is 4.53. The molecule has 6 nitrogen and oxygen atoms in total. The van der Waals surface area contributed by atoms with Crippen molar-refractivity contribution in [2.24, 2.45) is 0 Å². The van der Waals surface area contributed by atoms with Crippen LogP contribution in [-0.2, 0) is 16.0 Å². The highest BCUT2D eigenvalue weighted by Gasteiger charge is 2.31. The van der Waals surface area contributed by atoms with Crippen LogP contribution in [0.1, 0.15) is 23.3 Å². The SMILES string of the molecule is Cc1nc([C@@H]2COCCN2C(=O)Cc2cccc(Cl)c2)no1. The molecule has 2 heterocycles. The molecule has 0 unspecified atom stereocenters. The Morgan fingerprint density at radius 3 is 3.09 bits per heavy atom. The minimum Gasteiger partial charge on any atom is -0.377 e. The average molecular weight is 322 g/mol. The number of nitrogens with zero attached hydrogens (tertiary/aromatic N) is 3. The van der Waals surface area contributed by atoms with E-state index in [1.54, 1.807) is 24.0 Å². The van der Waals surface area contributed by atoms with Gasteiger partial charge in [0.25, 0.3) is 0 Å². The van der Waals surface area contributed by atoms with Gasteiger partial charge in [0.1, 0.15) is 6.04 Å². The van der Waals surface area contributed by atoms with E-state index in [4.69, 9.17) is 20.9 Å². The third kappa shape index (κ3) is 3.28. The molecular weight excluding hydrogens is 306 g/mol. The van der Waals surface area contributed by atoms with E-state index in [2.05, 4.69) is 10.1 Å². The van der Waals surface area contributed by atoms with Crippen molar-refractivity contribution >= 4 is 17.5 Å². The number of amides is 1. The normalized spacial score (nSPS) is 18.5. The zero-order valence-electron chi connectivity index (χ0n) is 12.2. The molecule has 22 heavy (non-hydrogen) atoms. The first-order valence-corrected chi connectivity index (χ1v) is 7.43. The van der Waals surface area contributed by atoms with Crippen molar-refractivity contribution in [3.8, 4) is 0 Å². The maximum absolute atomic E-state index is 12.6. The topological polar surface area (TPSA) is 68.5 Å². The third-order valence-electron chi connectivity index (χ3n) is 3.53. The molecule has 0 bridgehead atoms. The summed E-state index contributed by atoms with van der Waals surface area (Å²) in [5.74, 6) is 0.956. The molecule has 1 fully saturated rings. The molecule has 0 saturated carbocycles. The predicted octanol–water partition coefficient (Wildman–Crippen LogP) is 2.17. The molecule has 1 amide bonds. The first-order chi connectivity index (χ1) is 10.6. The molecule has 1 aromatic carbocycles. The smallest absolute Gasteiger partial charge is 0.227 e. The molecule has 1 aromatic heterocycles. The van der Waals surface area contributed by atoms with Gasteiger partial charge in [-0.2, -0.15) is 4.98 Å². The minimum absolute atomic E-state index is 0.00183. The third-order valence-corrected chi connectivity index (χ3v) is 3.77. The van der Waals surface area contributed by atoms with Crippen molar-refractivity contribution in [2.45, 2.75) is 19.4 Å². The summed E-state index contributed by atoms with van der Waals surface area (Å²) in [6.45, 7) is 3.12. The highest BCUT2D eigenvalue weighted by Crippen LogP contribution is 2.23. The van der Waals surface area contributed by atoms with Crippen LogP contribution >= 0.6 is 11.6 Å². The van der Waals surface area contributed by atoms with E-state index in [0.29, 0.717) is 36.5 Å². The van der Waals surface area contributed by atoms with Crippen molar-refractivity contribution in [1.82, 2.24) is 15.0 Å². The van der Waals surface area contributed by atoms with Gasteiger partial charge in [-0.15, -0.1) is 0 Å². The Labute approximate surface area is 133 Å². The van der Waals surface area contributed by atoms with Gasteiger partial charge in [-0.1, -0.05) is 28.9 Å². The first kappa shape index (κ1) is 15.0. The van der Waals surface area contributed by atoms with Gasteiger partial charge in [0.05, 0.1) is 19.6 Å². The number of morpholine rings is 1. The van der Waals surface area contributed by atoms with Crippen molar-refractivity contribution in [2.75, 3.05) is 19.8 Å². The molecule has 1 aliphatic heterocycles. The Bertz CT molecular complexity index is 674. The van der Waals surface area contributed by atoms with Crippen LogP contribution in [0.2, 0.25) is 5.02 Å². The summed E-state index contributed by atoms with van der Waals surface area (Å²) in [5.41, 5.74) is 0.882. The number of benzene rings is 1. The Kier molecular flexibility index (Phi) is 4.40. The number of aryl methyl sites for hydroxylation is 1. The Balaban J connectivity index is 1.76. The highest BCUT2D eigenvalue weighted by atomic mass is 35.5. The molecule has 1 saturated heterocycles. The van der Waals surface area contributed by atoms with Crippen LogP contribution < -0.4 is 0 Å². The van der Waals surface area contributed by atoms with E-state index in [9.17, 15) is 4.79 Å². The van der Waals surface area contributed by atoms with Crippen LogP contribution in [0.5, 0.6) is 0 Å². The summed E-state index contributed by atoms with van der Waals surface area (Å²) in [4.78, 5) is 18.6. The quantitative estimate of drug-likeness (QED) is 0.866. The lowest BCUT2D eigenvalue weighted by Crippen LogP contribution is -2.44. The Morgan fingerprint density at radius 2 is 2.36 bits per heavy atom. The largest absolute Gasteiger partial charge is 0.377 e. The molecule has 2 aromatic rings. The second-order valence-corrected chi connectivity index (χ2v) is 5.59. The van der Waals surface area contributed by atoms with Crippen molar-refractivity contribution in [1.29, 1.82) is 0 Å². The fraction of sp³-hybridized carbons (Fsp3) is 0.400. The maximum atomic E-state index is 12.6. The van der Waals surface area contributed by atoms with E-state index in [1.165, 1.54) is 0 Å². The fourth-order valence-corrected chi connectivity index (χ4v) is 2.70. The number of rotatable bonds is 3. The highest BCUT2D eigenvalue weighted by molar-refractivity contribution is 6.30. The summed E-state index contributed by atoms with van der Waals surface area (Å²) in [7, 11) is 0. The van der Waals surface area contributed by atoms with Gasteiger partial charge < -0.3 is 14.2 Å². The van der Waals surface area contributed by atoms with E-state index < -0.39 is 0 Å². The Morgan fingerprint density at radius 1 is 1.50 bits per heavy atom. The zero-order chi connectivity index (χ0) is 15.5. The van der Waals surface area contributed by atoms with E-state index in [-0.39, 0.29) is 18.4 Å². The van der Waals surface area contributed by atoms with Gasteiger partial charge in [-0.05, 0) is 17.7 Å². The van der Waals surface area contributed by atoms with Gasteiger partial charge in [0.15, 0.2) is 5.82 Å². The molecule has 0 spiro atoms. The molecule has 3 rings (SSSR count). The molecule has 0 aliphatic carbocycles. The van der Waals surface area contributed by atoms with Gasteiger partial charge in [0.2, 0.25) is 11.8 Å². The number of hydrogen-bond donors (Lipinski definition) is 0. The monoisotopic (exact) mass is 321 g/mol. The van der Waals surface area contributed by atoms with E-state index in [1.807, 2.05) is 12.1 Å².